The fourth-order valence-corrected chi connectivity index (χ4v) is 2.93. The van der Waals surface area contributed by atoms with Crippen molar-refractivity contribution < 1.29 is 9.53 Å². The van der Waals surface area contributed by atoms with Crippen LogP contribution >= 0.6 is 11.3 Å². The fourth-order valence-electron chi connectivity index (χ4n) is 2.09. The van der Waals surface area contributed by atoms with E-state index in [4.69, 9.17) is 4.74 Å². The van der Waals surface area contributed by atoms with Gasteiger partial charge >= 0.3 is 0 Å². The third-order valence-electron chi connectivity index (χ3n) is 3.33. The molecule has 1 aliphatic rings. The molecule has 4 nitrogen and oxygen atoms in total. The van der Waals surface area contributed by atoms with Crippen molar-refractivity contribution >= 4 is 28.6 Å². The Balaban J connectivity index is 1.74. The van der Waals surface area contributed by atoms with E-state index in [2.05, 4.69) is 29.0 Å². The van der Waals surface area contributed by atoms with Gasteiger partial charge in [0.15, 0.2) is 6.10 Å². The number of anilines is 2. The quantitative estimate of drug-likeness (QED) is 0.910. The van der Waals surface area contributed by atoms with Gasteiger partial charge in [0, 0.05) is 17.1 Å². The van der Waals surface area contributed by atoms with E-state index in [1.54, 1.807) is 18.3 Å². The number of hydrogen-bond acceptors (Lipinski definition) is 4. The zero-order chi connectivity index (χ0) is 14.1. The molecule has 3 rings (SSSR count). The summed E-state index contributed by atoms with van der Waals surface area (Å²) < 4.78 is 5.53. The van der Waals surface area contributed by atoms with Crippen LogP contribution in [0.25, 0.3) is 0 Å². The molecule has 0 spiro atoms. The summed E-state index contributed by atoms with van der Waals surface area (Å²) in [5.41, 5.74) is 2.99. The van der Waals surface area contributed by atoms with Crippen LogP contribution in [0.3, 0.4) is 0 Å². The Morgan fingerprint density at radius 2 is 2.25 bits per heavy atom. The van der Waals surface area contributed by atoms with Gasteiger partial charge in [-0.25, -0.2) is 0 Å². The van der Waals surface area contributed by atoms with Gasteiger partial charge in [0.05, 0.1) is 5.69 Å². The second-order valence-corrected chi connectivity index (χ2v) is 5.84. The summed E-state index contributed by atoms with van der Waals surface area (Å²) in [6, 6.07) is 7.87. The van der Waals surface area contributed by atoms with E-state index >= 15 is 0 Å². The van der Waals surface area contributed by atoms with Crippen molar-refractivity contribution in [3.63, 3.8) is 0 Å². The van der Waals surface area contributed by atoms with Gasteiger partial charge in [0.1, 0.15) is 5.75 Å². The Morgan fingerprint density at radius 3 is 3.00 bits per heavy atom. The molecule has 0 saturated carbocycles. The number of benzene rings is 1. The molecular formula is C15H16N2O2S. The highest BCUT2D eigenvalue weighted by molar-refractivity contribution is 7.10. The molecule has 2 N–H and O–H groups in total. The number of nitrogens with one attached hydrogen (secondary N) is 2. The molecule has 0 saturated heterocycles. The number of thiophene rings is 1. The molecule has 2 aromatic rings. The third kappa shape index (κ3) is 2.49. The topological polar surface area (TPSA) is 50.4 Å². The minimum atomic E-state index is -0.435. The van der Waals surface area contributed by atoms with Crippen LogP contribution in [0.4, 0.5) is 11.4 Å². The van der Waals surface area contributed by atoms with Crippen LogP contribution in [-0.2, 0) is 11.3 Å². The summed E-state index contributed by atoms with van der Waals surface area (Å²) in [4.78, 5) is 12.9. The van der Waals surface area contributed by atoms with Crippen molar-refractivity contribution in [3.05, 3.63) is 40.1 Å². The van der Waals surface area contributed by atoms with Crippen molar-refractivity contribution in [2.45, 2.75) is 26.5 Å². The zero-order valence-corrected chi connectivity index (χ0v) is 12.2. The average molecular weight is 288 g/mol. The summed E-state index contributed by atoms with van der Waals surface area (Å²) >= 11 is 1.74. The number of carbonyl (C=O) groups is 1. The van der Waals surface area contributed by atoms with Gasteiger partial charge in [0.2, 0.25) is 0 Å². The molecular weight excluding hydrogens is 272 g/mol. The molecule has 1 aliphatic heterocycles. The maximum atomic E-state index is 11.6. The SMILES string of the molecule is Cc1ccsc1CNc1ccc2c(c1)NC(=O)C(C)O2. The van der Waals surface area contributed by atoms with Crippen LogP contribution in [0.15, 0.2) is 29.6 Å². The fraction of sp³-hybridized carbons (Fsp3) is 0.267. The summed E-state index contributed by atoms with van der Waals surface area (Å²) in [7, 11) is 0. The predicted octanol–water partition coefficient (Wildman–Crippen LogP) is 3.39. The number of amides is 1. The Kier molecular flexibility index (Phi) is 3.36. The first kappa shape index (κ1) is 13.0. The molecule has 20 heavy (non-hydrogen) atoms. The highest BCUT2D eigenvalue weighted by atomic mass is 32.1. The van der Waals surface area contributed by atoms with Crippen molar-refractivity contribution in [2.24, 2.45) is 0 Å². The van der Waals surface area contributed by atoms with Crippen LogP contribution < -0.4 is 15.4 Å². The van der Waals surface area contributed by atoms with E-state index in [1.165, 1.54) is 10.4 Å². The van der Waals surface area contributed by atoms with E-state index in [1.807, 2.05) is 18.2 Å². The van der Waals surface area contributed by atoms with E-state index in [0.717, 1.165) is 23.7 Å². The van der Waals surface area contributed by atoms with Crippen molar-refractivity contribution in [1.29, 1.82) is 0 Å². The van der Waals surface area contributed by atoms with E-state index < -0.39 is 6.10 Å². The van der Waals surface area contributed by atoms with Crippen LogP contribution in [0, 0.1) is 6.92 Å². The lowest BCUT2D eigenvalue weighted by molar-refractivity contribution is -0.122. The van der Waals surface area contributed by atoms with E-state index in [9.17, 15) is 4.79 Å². The first-order valence-electron chi connectivity index (χ1n) is 6.52. The van der Waals surface area contributed by atoms with Crippen LogP contribution in [0.2, 0.25) is 0 Å². The number of aryl methyl sites for hydroxylation is 1. The number of rotatable bonds is 3. The lowest BCUT2D eigenvalue weighted by atomic mass is 10.2. The minimum absolute atomic E-state index is 0.108. The van der Waals surface area contributed by atoms with Gasteiger partial charge in [0.25, 0.3) is 5.91 Å². The molecule has 0 fully saturated rings. The van der Waals surface area contributed by atoms with Gasteiger partial charge in [-0.05, 0) is 49.1 Å². The highest BCUT2D eigenvalue weighted by Crippen LogP contribution is 2.32. The van der Waals surface area contributed by atoms with Crippen molar-refractivity contribution in [3.8, 4) is 5.75 Å². The molecule has 0 bridgehead atoms. The van der Waals surface area contributed by atoms with Gasteiger partial charge in [-0.1, -0.05) is 0 Å². The molecule has 104 valence electrons. The summed E-state index contributed by atoms with van der Waals surface area (Å²) in [5.74, 6) is 0.610. The monoisotopic (exact) mass is 288 g/mol. The summed E-state index contributed by atoms with van der Waals surface area (Å²) in [6.07, 6.45) is -0.435. The van der Waals surface area contributed by atoms with Gasteiger partial charge < -0.3 is 15.4 Å². The molecule has 0 aliphatic carbocycles. The summed E-state index contributed by atoms with van der Waals surface area (Å²) in [5, 5.41) is 8.31. The maximum absolute atomic E-state index is 11.6. The maximum Gasteiger partial charge on any atom is 0.265 e. The first-order valence-corrected chi connectivity index (χ1v) is 7.40. The predicted molar refractivity (Wildman–Crippen MR) is 81.5 cm³/mol. The first-order chi connectivity index (χ1) is 9.63. The molecule has 1 amide bonds. The van der Waals surface area contributed by atoms with Crippen LogP contribution in [0.5, 0.6) is 5.75 Å². The summed E-state index contributed by atoms with van der Waals surface area (Å²) in [6.45, 7) is 4.63. The smallest absolute Gasteiger partial charge is 0.265 e. The lowest BCUT2D eigenvalue weighted by Crippen LogP contribution is -2.34. The second kappa shape index (κ2) is 5.17. The molecule has 2 heterocycles. The lowest BCUT2D eigenvalue weighted by Gasteiger charge is -2.23. The molecule has 1 aromatic heterocycles. The number of ether oxygens (including phenoxy) is 1. The second-order valence-electron chi connectivity index (χ2n) is 4.84. The number of hydrogen-bond donors (Lipinski definition) is 2. The van der Waals surface area contributed by atoms with E-state index in [0.29, 0.717) is 0 Å². The minimum Gasteiger partial charge on any atom is -0.479 e. The third-order valence-corrected chi connectivity index (χ3v) is 4.35. The van der Waals surface area contributed by atoms with Gasteiger partial charge in [-0.3, -0.25) is 4.79 Å². The Labute approximate surface area is 121 Å². The largest absolute Gasteiger partial charge is 0.479 e. The van der Waals surface area contributed by atoms with Crippen LogP contribution in [-0.4, -0.2) is 12.0 Å². The van der Waals surface area contributed by atoms with Crippen molar-refractivity contribution in [2.75, 3.05) is 10.6 Å². The number of fused-ring (bicyclic) bond motifs is 1. The molecule has 5 heteroatoms. The van der Waals surface area contributed by atoms with Gasteiger partial charge in [-0.2, -0.15) is 0 Å². The average Bonchev–Trinajstić information content (AvgIpc) is 2.83. The Morgan fingerprint density at radius 1 is 1.40 bits per heavy atom. The highest BCUT2D eigenvalue weighted by Gasteiger charge is 2.23. The van der Waals surface area contributed by atoms with Crippen LogP contribution in [0.1, 0.15) is 17.4 Å². The number of carbonyl (C=O) groups excluding carboxylic acids is 1. The molecule has 1 unspecified atom stereocenters. The molecule has 0 radical (unpaired) electrons. The zero-order valence-electron chi connectivity index (χ0n) is 11.4. The standard InChI is InChI=1S/C15H16N2O2S/c1-9-5-6-20-14(9)8-16-11-3-4-13-12(7-11)17-15(18)10(2)19-13/h3-7,10,16H,8H2,1-2H3,(H,17,18). The normalized spacial score (nSPS) is 17.1. The molecule has 1 aromatic carbocycles. The Bertz CT molecular complexity index is 651. The van der Waals surface area contributed by atoms with Gasteiger partial charge in [-0.15, -0.1) is 11.3 Å². The van der Waals surface area contributed by atoms with E-state index in [-0.39, 0.29) is 5.91 Å². The molecule has 1 atom stereocenters. The van der Waals surface area contributed by atoms with Crippen molar-refractivity contribution in [1.82, 2.24) is 0 Å². The Hall–Kier alpha value is -2.01.